The molecule has 0 aliphatic rings. The highest BCUT2D eigenvalue weighted by Gasteiger charge is 2.18. The van der Waals surface area contributed by atoms with Crippen molar-refractivity contribution in [2.24, 2.45) is 0 Å². The first-order chi connectivity index (χ1) is 25.9. The minimum atomic E-state index is -0.653. The van der Waals surface area contributed by atoms with Crippen LogP contribution in [-0.2, 0) is 0 Å². The monoisotopic (exact) mass is 557 g/mol. The molecule has 9 aromatic rings. The van der Waals surface area contributed by atoms with Gasteiger partial charge in [-0.1, -0.05) is 139 Å². The Morgan fingerprint density at radius 3 is 1.81 bits per heavy atom. The van der Waals surface area contributed by atoms with Gasteiger partial charge in [0.1, 0.15) is 11.2 Å². The SMILES string of the molecule is [2H]c1c([2H])c([2H])c(-c2c([2H])c([2H])c([2H])c3c2oc2c([2H])c([2H])c(-c4c5ccccc5c(-c5ccc6ccccc6c5)c5ccccc45)c([2H])c23)c([2H])c1[2H]. The number of rotatable bonds is 3. The summed E-state index contributed by atoms with van der Waals surface area (Å²) in [7, 11) is 0. The van der Waals surface area contributed by atoms with Crippen LogP contribution in [0, 0.1) is 0 Å². The molecule has 9 rings (SSSR count). The molecule has 0 spiro atoms. The van der Waals surface area contributed by atoms with Crippen molar-refractivity contribution in [2.45, 2.75) is 0 Å². The minimum absolute atomic E-state index is 0.0418. The van der Waals surface area contributed by atoms with Gasteiger partial charge in [0, 0.05) is 16.3 Å². The summed E-state index contributed by atoms with van der Waals surface area (Å²) in [6.45, 7) is 0. The Bertz CT molecular complexity index is 3040. The predicted octanol–water partition coefficient (Wildman–Crippen LogP) is 12.0. The van der Waals surface area contributed by atoms with Crippen LogP contribution in [0.25, 0.3) is 87.6 Å². The molecule has 1 nitrogen and oxygen atoms in total. The van der Waals surface area contributed by atoms with E-state index in [4.69, 9.17) is 15.4 Å². The average molecular weight is 558 g/mol. The van der Waals surface area contributed by atoms with Gasteiger partial charge in [-0.15, -0.1) is 0 Å². The third-order valence-corrected chi connectivity index (χ3v) is 8.03. The van der Waals surface area contributed by atoms with Crippen LogP contribution < -0.4 is 0 Å². The molecule has 0 unspecified atom stereocenters. The van der Waals surface area contributed by atoms with Gasteiger partial charge >= 0.3 is 0 Å². The number of hydrogen-bond donors (Lipinski definition) is 0. The van der Waals surface area contributed by atoms with E-state index in [2.05, 4.69) is 30.3 Å². The van der Waals surface area contributed by atoms with E-state index in [0.29, 0.717) is 5.56 Å². The molecule has 0 radical (unpaired) electrons. The Kier molecular flexibility index (Phi) is 3.41. The molecular formula is C42H26O. The molecule has 0 aliphatic heterocycles. The van der Waals surface area contributed by atoms with Gasteiger partial charge in [0.2, 0.25) is 0 Å². The summed E-state index contributed by atoms with van der Waals surface area (Å²) in [5.41, 5.74) is 1.37. The van der Waals surface area contributed by atoms with E-state index < -0.39 is 59.9 Å². The van der Waals surface area contributed by atoms with E-state index >= 15 is 0 Å². The average Bonchev–Trinajstić information content (AvgIpc) is 3.59. The topological polar surface area (TPSA) is 13.1 Å². The predicted molar refractivity (Wildman–Crippen MR) is 183 cm³/mol. The van der Waals surface area contributed by atoms with Crippen LogP contribution in [0.3, 0.4) is 0 Å². The molecule has 8 aromatic carbocycles. The van der Waals surface area contributed by atoms with Gasteiger partial charge in [0.15, 0.2) is 0 Å². The summed E-state index contributed by atoms with van der Waals surface area (Å²) < 4.78 is 103. The number of benzene rings is 8. The molecule has 0 saturated carbocycles. The highest BCUT2D eigenvalue weighted by molar-refractivity contribution is 6.22. The molecule has 1 heterocycles. The Morgan fingerprint density at radius 2 is 1.09 bits per heavy atom. The second-order valence-corrected chi connectivity index (χ2v) is 10.4. The second-order valence-electron chi connectivity index (χ2n) is 10.4. The molecule has 0 atom stereocenters. The van der Waals surface area contributed by atoms with E-state index in [1.165, 1.54) is 0 Å². The normalized spacial score (nSPS) is 15.3. The Balaban J connectivity index is 1.43. The van der Waals surface area contributed by atoms with Crippen molar-refractivity contribution in [1.82, 2.24) is 0 Å². The fraction of sp³-hybridized carbons (Fsp3) is 0. The fourth-order valence-electron chi connectivity index (χ4n) is 6.15. The van der Waals surface area contributed by atoms with Gasteiger partial charge in [-0.3, -0.25) is 0 Å². The van der Waals surface area contributed by atoms with Gasteiger partial charge in [-0.25, -0.2) is 0 Å². The lowest BCUT2D eigenvalue weighted by atomic mass is 9.85. The second kappa shape index (κ2) is 9.44. The molecule has 1 aromatic heterocycles. The summed E-state index contributed by atoms with van der Waals surface area (Å²) in [6.07, 6.45) is 0. The first-order valence-electron chi connectivity index (χ1n) is 19.4. The molecule has 0 aliphatic carbocycles. The van der Waals surface area contributed by atoms with Crippen molar-refractivity contribution < 1.29 is 19.5 Å². The van der Waals surface area contributed by atoms with Gasteiger partial charge in [-0.2, -0.15) is 0 Å². The zero-order chi connectivity index (χ0) is 37.9. The lowest BCUT2D eigenvalue weighted by molar-refractivity contribution is 0.670. The van der Waals surface area contributed by atoms with E-state index in [-0.39, 0.29) is 45.2 Å². The van der Waals surface area contributed by atoms with Crippen molar-refractivity contribution in [3.63, 3.8) is 0 Å². The minimum Gasteiger partial charge on any atom is -0.455 e. The molecule has 0 saturated heterocycles. The Morgan fingerprint density at radius 1 is 0.442 bits per heavy atom. The van der Waals surface area contributed by atoms with Gasteiger partial charge < -0.3 is 4.42 Å². The number of para-hydroxylation sites is 1. The molecule has 0 N–H and O–H groups in total. The van der Waals surface area contributed by atoms with Crippen LogP contribution in [0.2, 0.25) is 0 Å². The lowest BCUT2D eigenvalue weighted by Gasteiger charge is -2.18. The molecule has 1 heteroatoms. The number of fused-ring (bicyclic) bond motifs is 6. The third kappa shape index (κ3) is 3.72. The van der Waals surface area contributed by atoms with E-state index in [0.717, 1.165) is 43.4 Å². The molecule has 0 amide bonds. The molecule has 0 fully saturated rings. The maximum Gasteiger partial charge on any atom is 0.143 e. The molecule has 0 bridgehead atoms. The van der Waals surface area contributed by atoms with E-state index in [9.17, 15) is 4.11 Å². The standard InChI is InChI=1S/C42H26O/c1-2-12-28(13-3-1)32-19-10-20-37-38-26-31(23-24-39(38)43-42(32)37)41-35-17-8-6-15-33(35)40(34-16-7-9-18-36(34)41)30-22-21-27-11-4-5-14-29(27)25-30/h1-26H/i1D,2D,3D,10D,12D,13D,19D,20D,23D,24D,26D. The van der Waals surface area contributed by atoms with Gasteiger partial charge in [0.25, 0.3) is 0 Å². The zero-order valence-electron chi connectivity index (χ0n) is 33.6. The van der Waals surface area contributed by atoms with Crippen LogP contribution in [-0.4, -0.2) is 0 Å². The van der Waals surface area contributed by atoms with Crippen LogP contribution in [0.5, 0.6) is 0 Å². The molecule has 43 heavy (non-hydrogen) atoms. The molecular weight excluding hydrogens is 520 g/mol. The highest BCUT2D eigenvalue weighted by Crippen LogP contribution is 2.45. The van der Waals surface area contributed by atoms with Crippen molar-refractivity contribution >= 4 is 54.3 Å². The van der Waals surface area contributed by atoms with Crippen LogP contribution in [0.15, 0.2) is 162 Å². The smallest absolute Gasteiger partial charge is 0.143 e. The summed E-state index contributed by atoms with van der Waals surface area (Å²) in [5, 5.41) is 5.20. The molecule has 200 valence electrons. The third-order valence-electron chi connectivity index (χ3n) is 8.03. The van der Waals surface area contributed by atoms with E-state index in [1.54, 1.807) is 0 Å². The van der Waals surface area contributed by atoms with Gasteiger partial charge in [-0.05, 0) is 78.3 Å². The first kappa shape index (κ1) is 15.5. The van der Waals surface area contributed by atoms with Crippen molar-refractivity contribution in [3.8, 4) is 33.4 Å². The van der Waals surface area contributed by atoms with E-state index in [1.807, 2.05) is 60.7 Å². The maximum absolute atomic E-state index is 9.73. The summed E-state index contributed by atoms with van der Waals surface area (Å²) in [6, 6.07) is 24.0. The first-order valence-corrected chi connectivity index (χ1v) is 13.9. The Hall–Kier alpha value is -5.66. The Labute approximate surface area is 264 Å². The quantitative estimate of drug-likeness (QED) is 0.197. The van der Waals surface area contributed by atoms with Crippen LogP contribution in [0.4, 0.5) is 0 Å². The zero-order valence-corrected chi connectivity index (χ0v) is 22.6. The highest BCUT2D eigenvalue weighted by atomic mass is 16.3. The number of furan rings is 1. The summed E-state index contributed by atoms with van der Waals surface area (Å²) >= 11 is 0. The lowest BCUT2D eigenvalue weighted by Crippen LogP contribution is -1.91. The van der Waals surface area contributed by atoms with Crippen LogP contribution in [0.1, 0.15) is 15.1 Å². The largest absolute Gasteiger partial charge is 0.455 e. The van der Waals surface area contributed by atoms with Crippen molar-refractivity contribution in [2.75, 3.05) is 0 Å². The van der Waals surface area contributed by atoms with Gasteiger partial charge in [0.05, 0.1) is 15.1 Å². The van der Waals surface area contributed by atoms with Crippen molar-refractivity contribution in [1.29, 1.82) is 0 Å². The summed E-state index contributed by atoms with van der Waals surface area (Å²) in [4.78, 5) is 0. The maximum atomic E-state index is 9.73. The van der Waals surface area contributed by atoms with Crippen LogP contribution >= 0.6 is 0 Å². The summed E-state index contributed by atoms with van der Waals surface area (Å²) in [5.74, 6) is 0. The fourth-order valence-corrected chi connectivity index (χ4v) is 6.15. The van der Waals surface area contributed by atoms with Crippen molar-refractivity contribution in [3.05, 3.63) is 157 Å². The number of hydrogen-bond acceptors (Lipinski definition) is 1.